The topological polar surface area (TPSA) is 269 Å². The van der Waals surface area contributed by atoms with Crippen LogP contribution in [0.1, 0.15) is 55.4 Å². The maximum absolute atomic E-state index is 12.0. The van der Waals surface area contributed by atoms with Crippen molar-refractivity contribution in [1.29, 1.82) is 0 Å². The first-order valence-electron chi connectivity index (χ1n) is 15.2. The third-order valence-electron chi connectivity index (χ3n) is 8.70. The molecule has 2 amide bonds. The maximum Gasteiger partial charge on any atom is 0.469 e. The van der Waals surface area contributed by atoms with E-state index in [0.29, 0.717) is 0 Å². The smallest absolute Gasteiger partial charge is 0.409 e. The van der Waals surface area contributed by atoms with Gasteiger partial charge in [0.15, 0.2) is 29.2 Å². The van der Waals surface area contributed by atoms with Gasteiger partial charge in [-0.3, -0.25) is 18.6 Å². The van der Waals surface area contributed by atoms with Crippen molar-refractivity contribution in [3.63, 3.8) is 0 Å². The van der Waals surface area contributed by atoms with E-state index in [0.717, 1.165) is 0 Å². The molecule has 0 radical (unpaired) electrons. The van der Waals surface area contributed by atoms with Gasteiger partial charge >= 0.3 is 15.6 Å². The van der Waals surface area contributed by atoms with Crippen molar-refractivity contribution in [2.75, 3.05) is 13.2 Å². The molecule has 2 aliphatic heterocycles. The number of rotatable bonds is 12. The van der Waals surface area contributed by atoms with Gasteiger partial charge in [-0.25, -0.2) is 9.13 Å². The van der Waals surface area contributed by atoms with Gasteiger partial charge in [0.1, 0.15) is 30.4 Å². The number of phosphoric ester groups is 2. The summed E-state index contributed by atoms with van der Waals surface area (Å²) in [5.74, 6) is -0.744. The van der Waals surface area contributed by atoms with E-state index in [4.69, 9.17) is 32.6 Å². The van der Waals surface area contributed by atoms with Gasteiger partial charge in [-0.1, -0.05) is 41.5 Å². The fourth-order valence-corrected chi connectivity index (χ4v) is 7.24. The van der Waals surface area contributed by atoms with Crippen molar-refractivity contribution in [3.05, 3.63) is 0 Å². The molecular weight excluding hydrogens is 714 g/mol. The van der Waals surface area contributed by atoms with E-state index in [1.807, 2.05) is 0 Å². The van der Waals surface area contributed by atoms with Gasteiger partial charge in [0, 0.05) is 13.8 Å². The molecule has 0 saturated carbocycles. The van der Waals surface area contributed by atoms with Crippen molar-refractivity contribution >= 4 is 44.1 Å². The first-order chi connectivity index (χ1) is 21.3. The number of aliphatic hydroxyl groups excluding tert-OH is 2. The Morgan fingerprint density at radius 3 is 1.50 bits per heavy atom. The highest BCUT2D eigenvalue weighted by Crippen LogP contribution is 2.44. The molecule has 0 aromatic rings. The molecule has 2 heterocycles. The van der Waals surface area contributed by atoms with Crippen LogP contribution < -0.4 is 10.6 Å². The molecule has 2 rings (SSSR count). The fourth-order valence-electron chi connectivity index (χ4n) is 4.09. The van der Waals surface area contributed by atoms with Crippen LogP contribution in [-0.2, 0) is 46.1 Å². The molecule has 0 spiro atoms. The van der Waals surface area contributed by atoms with Gasteiger partial charge in [-0.2, -0.15) is 0 Å². The normalized spacial score (nSPS) is 28.9. The number of phosphoric acid groups is 2. The maximum atomic E-state index is 12.0. The van der Waals surface area contributed by atoms with Gasteiger partial charge in [0.05, 0.1) is 19.3 Å². The summed E-state index contributed by atoms with van der Waals surface area (Å²) in [5.41, 5.74) is 0. The van der Waals surface area contributed by atoms with Crippen LogP contribution in [0.2, 0.25) is 36.3 Å². The number of hydrogen-bond donors (Lipinski definition) is 8. The van der Waals surface area contributed by atoms with E-state index in [-0.39, 0.29) is 22.6 Å². The lowest BCUT2D eigenvalue weighted by atomic mass is 10.1. The SMILES string of the molecule is CC(=O)NC1C(O)O[C@H](COP(=O)(O)O)[C@@H]1O.CC(=O)NC1[C@H](O[Si](C)(C)C(C)(C)C)O[C@H](COP(=O)(O)O)[C@@H]1O[Si](C)(C)C(C)(C)C. The highest BCUT2D eigenvalue weighted by Gasteiger charge is 2.54. The minimum atomic E-state index is -4.71. The monoisotopic (exact) mass is 770 g/mol. The molecule has 0 aromatic carbocycles. The van der Waals surface area contributed by atoms with Gasteiger partial charge < -0.3 is 58.7 Å². The Morgan fingerprint density at radius 1 is 0.708 bits per heavy atom. The van der Waals surface area contributed by atoms with Crippen molar-refractivity contribution < 1.29 is 75.9 Å². The summed E-state index contributed by atoms with van der Waals surface area (Å²) in [6.45, 7) is 22.5. The highest BCUT2D eigenvalue weighted by atomic mass is 31.2. The van der Waals surface area contributed by atoms with Gasteiger partial charge in [-0.15, -0.1) is 0 Å². The zero-order valence-electron chi connectivity index (χ0n) is 29.7. The quantitative estimate of drug-likeness (QED) is 0.103. The molecule has 48 heavy (non-hydrogen) atoms. The lowest BCUT2D eigenvalue weighted by molar-refractivity contribution is -0.127. The molecule has 22 heteroatoms. The second kappa shape index (κ2) is 16.8. The van der Waals surface area contributed by atoms with Gasteiger partial charge in [-0.05, 0) is 36.3 Å². The van der Waals surface area contributed by atoms with Gasteiger partial charge in [0.2, 0.25) is 11.8 Å². The molecule has 3 unspecified atom stereocenters. The molecule has 0 aliphatic carbocycles. The Kier molecular flexibility index (Phi) is 15.9. The number of ether oxygens (including phenoxy) is 2. The minimum Gasteiger partial charge on any atom is -0.409 e. The molecule has 0 aromatic heterocycles. The molecule has 8 atom stereocenters. The van der Waals surface area contributed by atoms with Crippen LogP contribution in [0, 0.1) is 0 Å². The third kappa shape index (κ3) is 14.2. The Balaban J connectivity index is 0.000000569. The molecule has 0 bridgehead atoms. The second-order valence-electron chi connectivity index (χ2n) is 14.8. The number of hydrogen-bond acceptors (Lipinski definition) is 12. The van der Waals surface area contributed by atoms with Crippen LogP contribution in [0.25, 0.3) is 0 Å². The van der Waals surface area contributed by atoms with Crippen LogP contribution >= 0.6 is 15.6 Å². The van der Waals surface area contributed by atoms with E-state index in [1.54, 1.807) is 0 Å². The molecule has 284 valence electrons. The minimum absolute atomic E-state index is 0.104. The van der Waals surface area contributed by atoms with Gasteiger partial charge in [0.25, 0.3) is 0 Å². The lowest BCUT2D eigenvalue weighted by Gasteiger charge is -2.41. The Morgan fingerprint density at radius 2 is 1.10 bits per heavy atom. The first kappa shape index (κ1) is 45.4. The largest absolute Gasteiger partial charge is 0.469 e. The predicted octanol–water partition coefficient (Wildman–Crippen LogP) is 1.42. The molecule has 8 N–H and O–H groups in total. The summed E-state index contributed by atoms with van der Waals surface area (Å²) in [6.07, 6.45) is -6.21. The number of amides is 2. The van der Waals surface area contributed by atoms with E-state index >= 15 is 0 Å². The fraction of sp³-hybridized carbons (Fsp3) is 0.923. The van der Waals surface area contributed by atoms with Crippen LogP contribution in [0.4, 0.5) is 0 Å². The zero-order valence-corrected chi connectivity index (χ0v) is 33.5. The number of aliphatic hydroxyl groups is 2. The summed E-state index contributed by atoms with van der Waals surface area (Å²) in [7, 11) is -14.0. The van der Waals surface area contributed by atoms with Crippen molar-refractivity contribution in [1.82, 2.24) is 10.6 Å². The summed E-state index contributed by atoms with van der Waals surface area (Å²) in [5, 5.41) is 23.9. The van der Waals surface area contributed by atoms with Crippen molar-refractivity contribution in [3.8, 4) is 0 Å². The Hall–Kier alpha value is -0.646. The Bertz CT molecular complexity index is 1190. The number of carbonyl (C=O) groups is 2. The summed E-state index contributed by atoms with van der Waals surface area (Å²) < 4.78 is 54.6. The second-order valence-corrected chi connectivity index (χ2v) is 26.8. The third-order valence-corrected chi connectivity index (χ3v) is 18.6. The highest BCUT2D eigenvalue weighted by molar-refractivity contribution is 7.46. The standard InChI is InChI=1S/C19H42NO8PSi2.C7H14NO8P/c1-13(21)20-15-16(27-30(8,9)18(2,3)4)14(12-25-29(22,23)24)26-17(15)28-31(10,11)19(5,6)7;1-3(9)8-5-6(10)4(16-7(5)11)2-15-17(12,13)14/h14-17H,12H2,1-11H3,(H,20,21)(H2,22,23,24);4-7,10-11H,2H2,1H3,(H,8,9)(H2,12,13,14)/t14-,15?,16+,17+;4-,5?,6+,7?/m11/s1. The average molecular weight is 771 g/mol. The van der Waals surface area contributed by atoms with Crippen LogP contribution in [0.5, 0.6) is 0 Å². The van der Waals surface area contributed by atoms with E-state index in [9.17, 15) is 38.7 Å². The Labute approximate surface area is 284 Å². The summed E-state index contributed by atoms with van der Waals surface area (Å²) in [6, 6.07) is -1.69. The molecule has 18 nitrogen and oxygen atoms in total. The van der Waals surface area contributed by atoms with Crippen LogP contribution in [0.15, 0.2) is 0 Å². The predicted molar refractivity (Wildman–Crippen MR) is 177 cm³/mol. The average Bonchev–Trinajstić information content (AvgIpc) is 3.29. The first-order valence-corrected chi connectivity index (χ1v) is 24.1. The van der Waals surface area contributed by atoms with Crippen LogP contribution in [0.3, 0.4) is 0 Å². The lowest BCUT2D eigenvalue weighted by Crippen LogP contribution is -2.56. The molecule has 2 saturated heterocycles. The number of carbonyl (C=O) groups excluding carboxylic acids is 2. The summed E-state index contributed by atoms with van der Waals surface area (Å²) in [4.78, 5) is 58.1. The number of nitrogens with one attached hydrogen (secondary N) is 2. The zero-order chi connectivity index (χ0) is 37.8. The van der Waals surface area contributed by atoms with E-state index in [2.05, 4.69) is 82.9 Å². The van der Waals surface area contributed by atoms with Crippen LogP contribution in [-0.4, -0.2) is 121 Å². The molecular formula is C26H56N2O16P2Si2. The molecule has 2 fully saturated rings. The summed E-state index contributed by atoms with van der Waals surface area (Å²) >= 11 is 0. The van der Waals surface area contributed by atoms with Crippen molar-refractivity contribution in [2.24, 2.45) is 0 Å². The van der Waals surface area contributed by atoms with E-state index in [1.165, 1.54) is 13.8 Å². The molecule has 2 aliphatic rings. The van der Waals surface area contributed by atoms with E-state index < -0.39 is 93.9 Å². The van der Waals surface area contributed by atoms with Crippen molar-refractivity contribution in [2.45, 2.75) is 141 Å².